The lowest BCUT2D eigenvalue weighted by Gasteiger charge is -2.28. The lowest BCUT2D eigenvalue weighted by molar-refractivity contribution is -0.125. The van der Waals surface area contributed by atoms with Gasteiger partial charge in [-0.2, -0.15) is 0 Å². The van der Waals surface area contributed by atoms with Gasteiger partial charge in [-0.3, -0.25) is 4.79 Å². The number of carbonyl (C=O) groups is 2. The van der Waals surface area contributed by atoms with Crippen molar-refractivity contribution in [3.63, 3.8) is 0 Å². The molecule has 1 saturated carbocycles. The zero-order chi connectivity index (χ0) is 16.9. The van der Waals surface area contributed by atoms with Gasteiger partial charge >= 0.3 is 6.03 Å². The molecule has 0 radical (unpaired) electrons. The van der Waals surface area contributed by atoms with E-state index in [1.54, 1.807) is 17.0 Å². The van der Waals surface area contributed by atoms with Crippen molar-refractivity contribution in [1.29, 1.82) is 0 Å². The molecule has 1 heterocycles. The van der Waals surface area contributed by atoms with Crippen LogP contribution in [0.4, 0.5) is 14.9 Å². The van der Waals surface area contributed by atoms with Crippen LogP contribution in [0.5, 0.6) is 0 Å². The summed E-state index contributed by atoms with van der Waals surface area (Å²) in [6.07, 6.45) is 7.06. The smallest absolute Gasteiger partial charge is 0.322 e. The van der Waals surface area contributed by atoms with Gasteiger partial charge in [-0.1, -0.05) is 25.3 Å². The second-order valence-electron chi connectivity index (χ2n) is 6.64. The van der Waals surface area contributed by atoms with Crippen LogP contribution in [-0.2, 0) is 4.79 Å². The van der Waals surface area contributed by atoms with Crippen molar-refractivity contribution in [2.45, 2.75) is 57.0 Å². The molecule has 0 spiro atoms. The summed E-state index contributed by atoms with van der Waals surface area (Å²) < 4.78 is 13.2. The van der Waals surface area contributed by atoms with Crippen LogP contribution in [0.25, 0.3) is 0 Å². The van der Waals surface area contributed by atoms with Gasteiger partial charge in [0.05, 0.1) is 0 Å². The third kappa shape index (κ3) is 4.04. The summed E-state index contributed by atoms with van der Waals surface area (Å²) in [6.45, 7) is 0.546. The van der Waals surface area contributed by atoms with E-state index in [0.29, 0.717) is 18.7 Å². The number of carbonyl (C=O) groups excluding carboxylic acids is 2. The minimum Gasteiger partial charge on any atom is -0.352 e. The van der Waals surface area contributed by atoms with Crippen LogP contribution in [0.15, 0.2) is 24.3 Å². The molecule has 1 aromatic rings. The van der Waals surface area contributed by atoms with Gasteiger partial charge in [-0.15, -0.1) is 0 Å². The van der Waals surface area contributed by atoms with E-state index in [1.807, 2.05) is 0 Å². The monoisotopic (exact) mass is 333 g/mol. The first-order valence-corrected chi connectivity index (χ1v) is 8.77. The predicted octanol–water partition coefficient (Wildman–Crippen LogP) is 3.27. The van der Waals surface area contributed by atoms with Crippen molar-refractivity contribution in [2.75, 3.05) is 11.9 Å². The lowest BCUT2D eigenvalue weighted by Crippen LogP contribution is -2.50. The molecule has 2 aliphatic rings. The van der Waals surface area contributed by atoms with Gasteiger partial charge in [0.1, 0.15) is 11.9 Å². The Balaban J connectivity index is 1.59. The lowest BCUT2D eigenvalue weighted by atomic mass is 9.95. The average molecular weight is 333 g/mol. The Bertz CT molecular complexity index is 602. The van der Waals surface area contributed by atoms with Crippen LogP contribution in [-0.4, -0.2) is 35.5 Å². The van der Waals surface area contributed by atoms with Gasteiger partial charge in [0, 0.05) is 18.3 Å². The van der Waals surface area contributed by atoms with E-state index in [4.69, 9.17) is 0 Å². The van der Waals surface area contributed by atoms with Gasteiger partial charge in [0.15, 0.2) is 0 Å². The highest BCUT2D eigenvalue weighted by molar-refractivity contribution is 5.94. The van der Waals surface area contributed by atoms with E-state index < -0.39 is 11.9 Å². The Morgan fingerprint density at radius 1 is 1.08 bits per heavy atom. The number of rotatable bonds is 3. The highest BCUT2D eigenvalue weighted by Gasteiger charge is 2.35. The van der Waals surface area contributed by atoms with Crippen LogP contribution in [0.3, 0.4) is 0 Å². The Kier molecular flexibility index (Phi) is 5.33. The molecule has 24 heavy (non-hydrogen) atoms. The van der Waals surface area contributed by atoms with Crippen molar-refractivity contribution in [2.24, 2.45) is 0 Å². The van der Waals surface area contributed by atoms with E-state index >= 15 is 0 Å². The van der Waals surface area contributed by atoms with Crippen molar-refractivity contribution < 1.29 is 14.0 Å². The number of halogens is 1. The first kappa shape index (κ1) is 16.7. The number of nitrogens with zero attached hydrogens (tertiary/aromatic N) is 1. The molecule has 1 aliphatic heterocycles. The molecule has 0 aromatic heterocycles. The summed E-state index contributed by atoms with van der Waals surface area (Å²) in [6, 6.07) is 5.23. The molecular weight excluding hydrogens is 309 g/mol. The fraction of sp³-hybridized carbons (Fsp3) is 0.556. The second kappa shape index (κ2) is 7.64. The number of urea groups is 1. The molecule has 1 aliphatic carbocycles. The molecule has 2 N–H and O–H groups in total. The van der Waals surface area contributed by atoms with Crippen LogP contribution >= 0.6 is 0 Å². The largest absolute Gasteiger partial charge is 0.352 e. The van der Waals surface area contributed by atoms with Crippen molar-refractivity contribution >= 4 is 17.6 Å². The second-order valence-corrected chi connectivity index (χ2v) is 6.64. The number of benzene rings is 1. The first-order chi connectivity index (χ1) is 11.6. The summed E-state index contributed by atoms with van der Waals surface area (Å²) in [7, 11) is 0. The minimum atomic E-state index is -0.430. The number of hydrogen-bond donors (Lipinski definition) is 2. The summed E-state index contributed by atoms with van der Waals surface area (Å²) in [4.78, 5) is 26.5. The van der Waals surface area contributed by atoms with E-state index in [-0.39, 0.29) is 18.0 Å². The quantitative estimate of drug-likeness (QED) is 0.892. The van der Waals surface area contributed by atoms with Crippen LogP contribution in [0.2, 0.25) is 0 Å². The molecule has 1 atom stereocenters. The molecular formula is C18H24FN3O2. The van der Waals surface area contributed by atoms with Gasteiger partial charge < -0.3 is 15.5 Å². The Hall–Kier alpha value is -2.11. The van der Waals surface area contributed by atoms with Crippen molar-refractivity contribution in [3.8, 4) is 0 Å². The standard InChI is InChI=1S/C18H24FN3O2/c19-13-6-4-9-15(12-13)21-18(24)22-11-5-10-16(22)17(23)20-14-7-2-1-3-8-14/h4,6,9,12,14,16H,1-3,5,7-8,10-11H2,(H,20,23)(H,21,24). The summed E-state index contributed by atoms with van der Waals surface area (Å²) in [5.41, 5.74) is 0.401. The van der Waals surface area contributed by atoms with Gasteiger partial charge in [0.2, 0.25) is 5.91 Å². The Morgan fingerprint density at radius 3 is 2.62 bits per heavy atom. The maximum Gasteiger partial charge on any atom is 0.322 e. The SMILES string of the molecule is O=C(NC1CCCCC1)C1CCCN1C(=O)Nc1cccc(F)c1. The van der Waals surface area contributed by atoms with Crippen molar-refractivity contribution in [1.82, 2.24) is 10.2 Å². The zero-order valence-corrected chi connectivity index (χ0v) is 13.8. The molecule has 5 nitrogen and oxygen atoms in total. The molecule has 3 amide bonds. The fourth-order valence-corrected chi connectivity index (χ4v) is 3.59. The average Bonchev–Trinajstić information content (AvgIpc) is 3.06. The number of amides is 3. The number of likely N-dealkylation sites (tertiary alicyclic amines) is 1. The Morgan fingerprint density at radius 2 is 1.88 bits per heavy atom. The molecule has 130 valence electrons. The van der Waals surface area contributed by atoms with Gasteiger partial charge in [-0.25, -0.2) is 9.18 Å². The fourth-order valence-electron chi connectivity index (χ4n) is 3.59. The number of nitrogens with one attached hydrogen (secondary N) is 2. The maximum atomic E-state index is 13.2. The van der Waals surface area contributed by atoms with Crippen LogP contribution < -0.4 is 10.6 Å². The van der Waals surface area contributed by atoms with E-state index in [2.05, 4.69) is 10.6 Å². The summed E-state index contributed by atoms with van der Waals surface area (Å²) >= 11 is 0. The van der Waals surface area contributed by atoms with E-state index in [9.17, 15) is 14.0 Å². The predicted molar refractivity (Wildman–Crippen MR) is 90.2 cm³/mol. The topological polar surface area (TPSA) is 61.4 Å². The Labute approximate surface area is 141 Å². The molecule has 3 rings (SSSR count). The minimum absolute atomic E-state index is 0.0613. The number of anilines is 1. The highest BCUT2D eigenvalue weighted by atomic mass is 19.1. The van der Waals surface area contributed by atoms with Crippen LogP contribution in [0, 0.1) is 5.82 Å². The summed E-state index contributed by atoms with van der Waals surface area (Å²) in [5.74, 6) is -0.463. The molecule has 1 unspecified atom stereocenters. The molecule has 0 bridgehead atoms. The summed E-state index contributed by atoms with van der Waals surface area (Å²) in [5, 5.41) is 5.78. The van der Waals surface area contributed by atoms with Crippen LogP contribution in [0.1, 0.15) is 44.9 Å². The van der Waals surface area contributed by atoms with E-state index in [0.717, 1.165) is 32.1 Å². The zero-order valence-electron chi connectivity index (χ0n) is 13.8. The van der Waals surface area contributed by atoms with Gasteiger partial charge in [-0.05, 0) is 43.9 Å². The maximum absolute atomic E-state index is 13.2. The molecule has 1 saturated heterocycles. The molecule has 1 aromatic carbocycles. The van der Waals surface area contributed by atoms with Crippen molar-refractivity contribution in [3.05, 3.63) is 30.1 Å². The first-order valence-electron chi connectivity index (χ1n) is 8.77. The third-order valence-electron chi connectivity index (χ3n) is 4.84. The number of hydrogen-bond acceptors (Lipinski definition) is 2. The van der Waals surface area contributed by atoms with E-state index in [1.165, 1.54) is 18.6 Å². The normalized spacial score (nSPS) is 21.5. The van der Waals surface area contributed by atoms with Gasteiger partial charge in [0.25, 0.3) is 0 Å². The third-order valence-corrected chi connectivity index (χ3v) is 4.84. The molecule has 6 heteroatoms. The highest BCUT2D eigenvalue weighted by Crippen LogP contribution is 2.22. The molecule has 2 fully saturated rings.